The topological polar surface area (TPSA) is 79.2 Å². The number of amides is 1. The molecule has 1 amide bonds. The number of alkyl halides is 2. The van der Waals surface area contributed by atoms with Crippen LogP contribution in [0.2, 0.25) is 0 Å². The Bertz CT molecular complexity index is 608. The van der Waals surface area contributed by atoms with E-state index in [-0.39, 0.29) is 0 Å². The normalized spacial score (nSPS) is 22.7. The van der Waals surface area contributed by atoms with Gasteiger partial charge in [0.15, 0.2) is 6.61 Å². The predicted octanol–water partition coefficient (Wildman–Crippen LogP) is 2.69. The van der Waals surface area contributed by atoms with E-state index in [9.17, 15) is 9.59 Å². The molecule has 0 radical (unpaired) electrons. The maximum absolute atomic E-state index is 11.8. The molecule has 1 aliphatic rings. The Morgan fingerprint density at radius 1 is 1.60 bits per heavy atom. The molecule has 1 fully saturated rings. The van der Waals surface area contributed by atoms with Gasteiger partial charge in [-0.3, -0.25) is 9.59 Å². The van der Waals surface area contributed by atoms with Crippen LogP contribution in [0.1, 0.15) is 18.9 Å². The van der Waals surface area contributed by atoms with E-state index >= 15 is 0 Å². The van der Waals surface area contributed by atoms with Crippen molar-refractivity contribution in [3.05, 3.63) is 17.0 Å². The van der Waals surface area contributed by atoms with Gasteiger partial charge in [-0.25, -0.2) is 0 Å². The van der Waals surface area contributed by atoms with Gasteiger partial charge in [0.2, 0.25) is 0 Å². The zero-order valence-electron chi connectivity index (χ0n) is 10.4. The number of esters is 1. The molecule has 20 heavy (non-hydrogen) atoms. The summed E-state index contributed by atoms with van der Waals surface area (Å²) < 4.78 is 3.77. The third-order valence-electron chi connectivity index (χ3n) is 3.08. The van der Waals surface area contributed by atoms with Crippen molar-refractivity contribution >= 4 is 51.4 Å². The minimum absolute atomic E-state index is 0.299. The molecule has 5 nitrogen and oxygen atoms in total. The van der Waals surface area contributed by atoms with Crippen molar-refractivity contribution in [1.82, 2.24) is 0 Å². The number of nitriles is 1. The average Bonchev–Trinajstić information content (AvgIpc) is 2.76. The number of carbonyl (C=O) groups excluding carboxylic acids is 2. The Hall–Kier alpha value is -1.29. The summed E-state index contributed by atoms with van der Waals surface area (Å²) in [5.41, 5.74) is -0.596. The van der Waals surface area contributed by atoms with Crippen LogP contribution in [0.4, 0.5) is 5.00 Å². The number of hydrogen-bond acceptors (Lipinski definition) is 5. The molecule has 0 aliphatic heterocycles. The third-order valence-corrected chi connectivity index (χ3v) is 5.01. The van der Waals surface area contributed by atoms with Gasteiger partial charge in [-0.15, -0.1) is 34.5 Å². The number of thiophene rings is 1. The molecule has 0 aromatic carbocycles. The Kier molecular flexibility index (Phi) is 3.96. The summed E-state index contributed by atoms with van der Waals surface area (Å²) in [7, 11) is 0. The van der Waals surface area contributed by atoms with Crippen molar-refractivity contribution < 1.29 is 14.3 Å². The first-order chi connectivity index (χ1) is 9.30. The number of ether oxygens (including phenoxy) is 1. The minimum Gasteiger partial charge on any atom is -0.455 e. The quantitative estimate of drug-likeness (QED) is 0.679. The summed E-state index contributed by atoms with van der Waals surface area (Å²) in [5, 5.41) is 13.4. The monoisotopic (exact) mass is 332 g/mol. The van der Waals surface area contributed by atoms with Gasteiger partial charge in [-0.2, -0.15) is 5.26 Å². The molecule has 0 unspecified atom stereocenters. The van der Waals surface area contributed by atoms with Crippen LogP contribution in [0.25, 0.3) is 0 Å². The SMILES string of the molecule is C[C@]1(C(=O)OCC(=O)Nc2sccc2C#N)CC1(Cl)Cl. The van der Waals surface area contributed by atoms with E-state index in [1.54, 1.807) is 18.4 Å². The molecule has 1 N–H and O–H groups in total. The average molecular weight is 333 g/mol. The first-order valence-electron chi connectivity index (χ1n) is 5.63. The predicted molar refractivity (Wildman–Crippen MR) is 75.8 cm³/mol. The Labute approximate surface area is 129 Å². The molecule has 0 saturated heterocycles. The molecule has 1 aromatic rings. The van der Waals surface area contributed by atoms with Gasteiger partial charge in [-0.1, -0.05) is 0 Å². The molecule has 0 bridgehead atoms. The zero-order valence-corrected chi connectivity index (χ0v) is 12.7. The van der Waals surface area contributed by atoms with Crippen molar-refractivity contribution in [3.63, 3.8) is 0 Å². The van der Waals surface area contributed by atoms with E-state index in [0.29, 0.717) is 17.0 Å². The van der Waals surface area contributed by atoms with Crippen molar-refractivity contribution in [2.24, 2.45) is 5.41 Å². The van der Waals surface area contributed by atoms with Crippen LogP contribution < -0.4 is 5.32 Å². The molecular formula is C12H10Cl2N2O3S. The molecule has 106 valence electrons. The second-order valence-corrected chi connectivity index (χ2v) is 7.01. The summed E-state index contributed by atoms with van der Waals surface area (Å²) in [6.45, 7) is 1.14. The fourth-order valence-electron chi connectivity index (χ4n) is 1.57. The highest BCUT2D eigenvalue weighted by atomic mass is 35.5. The van der Waals surface area contributed by atoms with E-state index in [0.717, 1.165) is 0 Å². The molecule has 0 spiro atoms. The summed E-state index contributed by atoms with van der Waals surface area (Å²) in [6, 6.07) is 3.53. The zero-order chi connectivity index (χ0) is 15.0. The molecule has 1 aromatic heterocycles. The fraction of sp³-hybridized carbons (Fsp3) is 0.417. The largest absolute Gasteiger partial charge is 0.455 e. The first kappa shape index (κ1) is 15.1. The van der Waals surface area contributed by atoms with Crippen molar-refractivity contribution in [3.8, 4) is 6.07 Å². The number of rotatable bonds is 4. The van der Waals surface area contributed by atoms with Crippen LogP contribution in [-0.4, -0.2) is 22.8 Å². The lowest BCUT2D eigenvalue weighted by atomic mass is 10.1. The number of halogens is 2. The Morgan fingerprint density at radius 3 is 2.80 bits per heavy atom. The summed E-state index contributed by atoms with van der Waals surface area (Å²) in [4.78, 5) is 23.4. The molecule has 2 rings (SSSR count). The first-order valence-corrected chi connectivity index (χ1v) is 7.26. The molecule has 8 heteroatoms. The van der Waals surface area contributed by atoms with Gasteiger partial charge in [-0.05, 0) is 18.4 Å². The van der Waals surface area contributed by atoms with Crippen LogP contribution in [0.5, 0.6) is 0 Å². The maximum atomic E-state index is 11.8. The van der Waals surface area contributed by atoms with Gasteiger partial charge in [0.25, 0.3) is 5.91 Å². The number of nitrogens with one attached hydrogen (secondary N) is 1. The second-order valence-electron chi connectivity index (χ2n) is 4.61. The third kappa shape index (κ3) is 2.75. The van der Waals surface area contributed by atoms with Crippen molar-refractivity contribution in [1.29, 1.82) is 5.26 Å². The van der Waals surface area contributed by atoms with Crippen molar-refractivity contribution in [2.75, 3.05) is 11.9 Å². The van der Waals surface area contributed by atoms with Gasteiger partial charge < -0.3 is 10.1 Å². The fourth-order valence-corrected chi connectivity index (χ4v) is 3.01. The number of hydrogen-bond donors (Lipinski definition) is 1. The molecular weight excluding hydrogens is 323 g/mol. The molecule has 1 heterocycles. The van der Waals surface area contributed by atoms with E-state index < -0.39 is 28.2 Å². The van der Waals surface area contributed by atoms with Gasteiger partial charge in [0.1, 0.15) is 20.8 Å². The maximum Gasteiger partial charge on any atom is 0.315 e. The van der Waals surface area contributed by atoms with Crippen LogP contribution >= 0.6 is 34.5 Å². The van der Waals surface area contributed by atoms with Crippen LogP contribution in [0, 0.1) is 16.7 Å². The Morgan fingerprint density at radius 2 is 2.25 bits per heavy atom. The van der Waals surface area contributed by atoms with E-state index in [2.05, 4.69) is 5.32 Å². The van der Waals surface area contributed by atoms with Gasteiger partial charge in [0.05, 0.1) is 5.56 Å². The lowest BCUT2D eigenvalue weighted by molar-refractivity contribution is -0.152. The lowest BCUT2D eigenvalue weighted by Gasteiger charge is -2.11. The highest BCUT2D eigenvalue weighted by molar-refractivity contribution is 7.14. The molecule has 1 atom stereocenters. The molecule has 1 aliphatic carbocycles. The minimum atomic E-state index is -1.12. The van der Waals surface area contributed by atoms with E-state index in [1.807, 2.05) is 6.07 Å². The van der Waals surface area contributed by atoms with Crippen LogP contribution in [-0.2, 0) is 14.3 Å². The van der Waals surface area contributed by atoms with E-state index in [4.69, 9.17) is 33.2 Å². The second kappa shape index (κ2) is 5.24. The Balaban J connectivity index is 1.85. The number of anilines is 1. The number of nitrogens with zero attached hydrogens (tertiary/aromatic N) is 1. The summed E-state index contributed by atoms with van der Waals surface area (Å²) >= 11 is 12.9. The highest BCUT2D eigenvalue weighted by Crippen LogP contribution is 2.64. The van der Waals surface area contributed by atoms with Crippen LogP contribution in [0.3, 0.4) is 0 Å². The summed E-state index contributed by atoms with van der Waals surface area (Å²) in [5.74, 6) is -1.12. The molecule has 1 saturated carbocycles. The van der Waals surface area contributed by atoms with E-state index in [1.165, 1.54) is 11.3 Å². The van der Waals surface area contributed by atoms with Crippen molar-refractivity contribution in [2.45, 2.75) is 17.7 Å². The number of carbonyl (C=O) groups is 2. The van der Waals surface area contributed by atoms with Gasteiger partial charge in [0, 0.05) is 6.42 Å². The smallest absolute Gasteiger partial charge is 0.315 e. The van der Waals surface area contributed by atoms with Gasteiger partial charge >= 0.3 is 5.97 Å². The van der Waals surface area contributed by atoms with Crippen LogP contribution in [0.15, 0.2) is 11.4 Å². The summed E-state index contributed by atoms with van der Waals surface area (Å²) in [6.07, 6.45) is 0.299. The lowest BCUT2D eigenvalue weighted by Crippen LogP contribution is -2.26. The standard InChI is InChI=1S/C12H10Cl2N2O3S/c1-11(6-12(11,13)14)10(18)19-5-8(17)16-9-7(4-15)2-3-20-9/h2-3H,5-6H2,1H3,(H,16,17)/t11-/m1/s1. The highest BCUT2D eigenvalue weighted by Gasteiger charge is 2.69.